The molecule has 2 amide bonds. The van der Waals surface area contributed by atoms with E-state index in [0.717, 1.165) is 0 Å². The molecular weight excluding hydrogens is 426 g/mol. The Morgan fingerprint density at radius 3 is 2.39 bits per heavy atom. The van der Waals surface area contributed by atoms with Crippen molar-refractivity contribution in [2.75, 3.05) is 47.4 Å². The van der Waals surface area contributed by atoms with Crippen LogP contribution >= 0.6 is 0 Å². The summed E-state index contributed by atoms with van der Waals surface area (Å²) in [5.41, 5.74) is 0.141. The second kappa shape index (κ2) is 10.7. The van der Waals surface area contributed by atoms with Gasteiger partial charge in [0.15, 0.2) is 0 Å². The van der Waals surface area contributed by atoms with Crippen molar-refractivity contribution in [3.05, 3.63) is 29.8 Å². The number of ether oxygens (including phenoxy) is 1. The van der Waals surface area contributed by atoms with Gasteiger partial charge in [0, 0.05) is 32.7 Å². The first-order valence-corrected chi connectivity index (χ1v) is 11.4. The van der Waals surface area contributed by atoms with Crippen LogP contribution in [0.15, 0.2) is 29.2 Å². The molecule has 31 heavy (non-hydrogen) atoms. The molecule has 10 nitrogen and oxygen atoms in total. The van der Waals surface area contributed by atoms with Gasteiger partial charge in [-0.25, -0.2) is 8.42 Å². The predicted octanol–water partition coefficient (Wildman–Crippen LogP) is 0.742. The third-order valence-electron chi connectivity index (χ3n) is 5.16. The number of likely N-dealkylation sites (N-methyl/N-ethyl adjacent to an activating group) is 1. The molecule has 2 rings (SSSR count). The van der Waals surface area contributed by atoms with Gasteiger partial charge in [0.05, 0.1) is 31.1 Å². The molecule has 172 valence electrons. The van der Waals surface area contributed by atoms with Crippen LogP contribution in [-0.2, 0) is 29.2 Å². The first-order chi connectivity index (χ1) is 14.6. The molecule has 0 unspecified atom stereocenters. The summed E-state index contributed by atoms with van der Waals surface area (Å²) in [5.74, 6) is -1.16. The monoisotopic (exact) mass is 455 g/mol. The topological polar surface area (TPSA) is 114 Å². The summed E-state index contributed by atoms with van der Waals surface area (Å²) in [6.45, 7) is 2.76. The van der Waals surface area contributed by atoms with Crippen molar-refractivity contribution >= 4 is 27.8 Å². The summed E-state index contributed by atoms with van der Waals surface area (Å²) in [4.78, 5) is 44.7. The number of benzene rings is 1. The number of carbonyl (C=O) groups is 3. The van der Waals surface area contributed by atoms with Crippen LogP contribution in [0, 0.1) is 5.92 Å². The third-order valence-corrected chi connectivity index (χ3v) is 6.84. The number of sulfonamides is 1. The van der Waals surface area contributed by atoms with Gasteiger partial charge in [-0.15, -0.1) is 0 Å². The molecule has 1 aliphatic heterocycles. The van der Waals surface area contributed by atoms with Crippen molar-refractivity contribution < 1.29 is 32.4 Å². The van der Waals surface area contributed by atoms with Crippen LogP contribution in [0.25, 0.3) is 0 Å². The van der Waals surface area contributed by atoms with E-state index in [1.54, 1.807) is 11.8 Å². The number of hydrogen-bond acceptors (Lipinski definition) is 7. The Labute approximate surface area is 182 Å². The summed E-state index contributed by atoms with van der Waals surface area (Å²) >= 11 is 0. The molecule has 11 heteroatoms. The number of esters is 1. The maximum Gasteiger partial charge on any atom is 0.309 e. The van der Waals surface area contributed by atoms with Gasteiger partial charge in [-0.3, -0.25) is 19.2 Å². The SMILES string of the molecule is CCOC(=O)C1CCN(C(=O)CN(C)C(=O)c2cccc(S(=O)(=O)N(C)OC)c2)CC1. The third kappa shape index (κ3) is 6.02. The molecule has 1 aromatic carbocycles. The molecule has 0 spiro atoms. The van der Waals surface area contributed by atoms with E-state index in [0.29, 0.717) is 37.0 Å². The van der Waals surface area contributed by atoms with E-state index < -0.39 is 15.9 Å². The van der Waals surface area contributed by atoms with E-state index in [-0.39, 0.29) is 34.8 Å². The predicted molar refractivity (Wildman–Crippen MR) is 111 cm³/mol. The summed E-state index contributed by atoms with van der Waals surface area (Å²) < 4.78 is 30.5. The van der Waals surface area contributed by atoms with Crippen LogP contribution in [0.1, 0.15) is 30.1 Å². The van der Waals surface area contributed by atoms with Crippen LogP contribution in [0.4, 0.5) is 0 Å². The van der Waals surface area contributed by atoms with Crippen molar-refractivity contribution in [2.24, 2.45) is 5.92 Å². The van der Waals surface area contributed by atoms with Crippen LogP contribution in [0.2, 0.25) is 0 Å². The van der Waals surface area contributed by atoms with Crippen molar-refractivity contribution in [3.63, 3.8) is 0 Å². The normalized spacial score (nSPS) is 15.1. The van der Waals surface area contributed by atoms with Gasteiger partial charge in [0.1, 0.15) is 0 Å². The van der Waals surface area contributed by atoms with Crippen molar-refractivity contribution in [1.29, 1.82) is 0 Å². The fourth-order valence-electron chi connectivity index (χ4n) is 3.26. The van der Waals surface area contributed by atoms with Gasteiger partial charge in [0.2, 0.25) is 5.91 Å². The molecule has 0 N–H and O–H groups in total. The summed E-state index contributed by atoms with van der Waals surface area (Å²) in [7, 11) is 0.0536. The van der Waals surface area contributed by atoms with Gasteiger partial charge in [-0.2, -0.15) is 0 Å². The van der Waals surface area contributed by atoms with E-state index in [4.69, 9.17) is 9.57 Å². The zero-order valence-electron chi connectivity index (χ0n) is 18.2. The molecule has 1 saturated heterocycles. The van der Waals surface area contributed by atoms with Gasteiger partial charge >= 0.3 is 5.97 Å². The van der Waals surface area contributed by atoms with Gasteiger partial charge in [-0.1, -0.05) is 10.5 Å². The number of likely N-dealkylation sites (tertiary alicyclic amines) is 1. The second-order valence-corrected chi connectivity index (χ2v) is 9.13. The van der Waals surface area contributed by atoms with Gasteiger partial charge in [-0.05, 0) is 38.0 Å². The van der Waals surface area contributed by atoms with Crippen LogP contribution in [-0.4, -0.2) is 87.9 Å². The molecule has 1 fully saturated rings. The maximum absolute atomic E-state index is 12.7. The number of amides is 2. The molecule has 0 aliphatic carbocycles. The molecule has 0 bridgehead atoms. The van der Waals surface area contributed by atoms with E-state index in [2.05, 4.69) is 0 Å². The van der Waals surface area contributed by atoms with E-state index in [1.807, 2.05) is 0 Å². The van der Waals surface area contributed by atoms with E-state index >= 15 is 0 Å². The smallest absolute Gasteiger partial charge is 0.309 e. The van der Waals surface area contributed by atoms with Gasteiger partial charge < -0.3 is 14.5 Å². The molecule has 1 aliphatic rings. The minimum absolute atomic E-state index is 0.0940. The van der Waals surface area contributed by atoms with Crippen LogP contribution in [0.3, 0.4) is 0 Å². The highest BCUT2D eigenvalue weighted by molar-refractivity contribution is 7.89. The number of hydroxylamine groups is 1. The van der Waals surface area contributed by atoms with E-state index in [9.17, 15) is 22.8 Å². The van der Waals surface area contributed by atoms with Gasteiger partial charge in [0.25, 0.3) is 15.9 Å². The number of rotatable bonds is 8. The maximum atomic E-state index is 12.7. The van der Waals surface area contributed by atoms with E-state index in [1.165, 1.54) is 50.4 Å². The number of piperidine rings is 1. The molecule has 0 atom stereocenters. The zero-order chi connectivity index (χ0) is 23.2. The first-order valence-electron chi connectivity index (χ1n) is 9.94. The average molecular weight is 456 g/mol. The molecule has 0 aromatic heterocycles. The standard InChI is InChI=1S/C20H29N3O7S/c1-5-30-20(26)15-9-11-23(12-10-15)18(24)14-21(2)19(25)16-7-6-8-17(13-16)31(27,28)22(3)29-4/h6-8,13,15H,5,9-12,14H2,1-4H3. The summed E-state index contributed by atoms with van der Waals surface area (Å²) in [5, 5.41) is 0. The molecule has 0 saturated carbocycles. The lowest BCUT2D eigenvalue weighted by molar-refractivity contribution is -0.151. The van der Waals surface area contributed by atoms with Crippen molar-refractivity contribution in [1.82, 2.24) is 14.3 Å². The summed E-state index contributed by atoms with van der Waals surface area (Å²) in [6.07, 6.45) is 1.05. The summed E-state index contributed by atoms with van der Waals surface area (Å²) in [6, 6.07) is 5.55. The number of nitrogens with zero attached hydrogens (tertiary/aromatic N) is 3. The molecule has 1 heterocycles. The molecule has 0 radical (unpaired) electrons. The lowest BCUT2D eigenvalue weighted by atomic mass is 9.97. The number of hydrogen-bond donors (Lipinski definition) is 0. The Bertz CT molecular complexity index is 911. The Hall–Kier alpha value is -2.50. The zero-order valence-corrected chi connectivity index (χ0v) is 19.1. The van der Waals surface area contributed by atoms with Crippen molar-refractivity contribution in [3.8, 4) is 0 Å². The second-order valence-electron chi connectivity index (χ2n) is 7.19. The minimum Gasteiger partial charge on any atom is -0.466 e. The molecule has 1 aromatic rings. The minimum atomic E-state index is -3.90. The average Bonchev–Trinajstić information content (AvgIpc) is 2.78. The Balaban J connectivity index is 1.99. The Morgan fingerprint density at radius 2 is 1.81 bits per heavy atom. The Morgan fingerprint density at radius 1 is 1.16 bits per heavy atom. The van der Waals surface area contributed by atoms with Crippen LogP contribution in [0.5, 0.6) is 0 Å². The van der Waals surface area contributed by atoms with Crippen LogP contribution < -0.4 is 0 Å². The largest absolute Gasteiger partial charge is 0.466 e. The lowest BCUT2D eigenvalue weighted by Gasteiger charge is -2.32. The number of carbonyl (C=O) groups excluding carboxylic acids is 3. The van der Waals surface area contributed by atoms with Crippen molar-refractivity contribution in [2.45, 2.75) is 24.7 Å². The molecular formula is C20H29N3O7S. The fraction of sp³-hybridized carbons (Fsp3) is 0.550. The highest BCUT2D eigenvalue weighted by atomic mass is 32.2. The fourth-order valence-corrected chi connectivity index (χ4v) is 4.28. The Kier molecular flexibility index (Phi) is 8.54. The first kappa shape index (κ1) is 24.8. The highest BCUT2D eigenvalue weighted by Crippen LogP contribution is 2.20. The highest BCUT2D eigenvalue weighted by Gasteiger charge is 2.29. The lowest BCUT2D eigenvalue weighted by Crippen LogP contribution is -2.45. The quantitative estimate of drug-likeness (QED) is 0.420.